The smallest absolute Gasteiger partial charge is 0.289 e. The van der Waals surface area contributed by atoms with E-state index in [1.165, 1.54) is 12.1 Å². The third kappa shape index (κ3) is 2.71. The number of nitrogens with zero attached hydrogens (tertiary/aromatic N) is 2. The highest BCUT2D eigenvalue weighted by Crippen LogP contribution is 2.29. The summed E-state index contributed by atoms with van der Waals surface area (Å²) in [6, 6.07) is 6.12. The minimum absolute atomic E-state index is 0.0182. The summed E-state index contributed by atoms with van der Waals surface area (Å²) in [4.78, 5) is 10.3. The zero-order chi connectivity index (χ0) is 14.7. The van der Waals surface area contributed by atoms with E-state index in [0.29, 0.717) is 12.3 Å². The van der Waals surface area contributed by atoms with Crippen LogP contribution in [0.3, 0.4) is 0 Å². The third-order valence-corrected chi connectivity index (χ3v) is 3.40. The molecule has 3 N–H and O–H groups in total. The number of ether oxygens (including phenoxy) is 1. The van der Waals surface area contributed by atoms with Gasteiger partial charge in [0.25, 0.3) is 5.69 Å². The molecule has 0 aliphatic heterocycles. The molecule has 0 spiro atoms. The second kappa shape index (κ2) is 5.86. The molecular weight excluding hydrogens is 260 g/mol. The van der Waals surface area contributed by atoms with E-state index in [2.05, 4.69) is 5.32 Å². The van der Waals surface area contributed by atoms with Gasteiger partial charge in [-0.3, -0.25) is 10.1 Å². The van der Waals surface area contributed by atoms with Crippen LogP contribution in [0.25, 0.3) is 0 Å². The summed E-state index contributed by atoms with van der Waals surface area (Å²) in [7, 11) is 0. The number of nitro benzene ring substituents is 1. The van der Waals surface area contributed by atoms with Crippen LogP contribution in [0.5, 0.6) is 0 Å². The highest BCUT2D eigenvalue weighted by atomic mass is 16.6. The first-order valence-electron chi connectivity index (χ1n) is 6.39. The van der Waals surface area contributed by atoms with Gasteiger partial charge >= 0.3 is 0 Å². The topological polar surface area (TPSA) is 114 Å². The Balaban J connectivity index is 2.16. The standard InChI is InChI=1S/C13H16N4O3/c1-2-20-12-6-10(15)13(12)16-9-4-3-8(7-14)11(5-9)17(18)19/h3-5,10,12-13,16H,2,6,15H2,1H3. The zero-order valence-corrected chi connectivity index (χ0v) is 11.1. The van der Waals surface area contributed by atoms with Gasteiger partial charge in [0.1, 0.15) is 11.6 Å². The van der Waals surface area contributed by atoms with Crippen molar-refractivity contribution in [1.29, 1.82) is 5.26 Å². The van der Waals surface area contributed by atoms with Crippen molar-refractivity contribution in [1.82, 2.24) is 0 Å². The van der Waals surface area contributed by atoms with Crippen molar-refractivity contribution in [3.63, 3.8) is 0 Å². The molecule has 0 saturated heterocycles. The molecule has 1 aromatic carbocycles. The van der Waals surface area contributed by atoms with Gasteiger partial charge in [-0.25, -0.2) is 0 Å². The van der Waals surface area contributed by atoms with Gasteiger partial charge in [0.15, 0.2) is 0 Å². The molecule has 1 fully saturated rings. The molecule has 7 heteroatoms. The van der Waals surface area contributed by atoms with Crippen LogP contribution in [-0.2, 0) is 4.74 Å². The number of hydrogen-bond acceptors (Lipinski definition) is 6. The molecule has 0 heterocycles. The number of nitrogens with two attached hydrogens (primary N) is 1. The molecule has 0 radical (unpaired) electrons. The largest absolute Gasteiger partial charge is 0.378 e. The first-order valence-corrected chi connectivity index (χ1v) is 6.39. The summed E-state index contributed by atoms with van der Waals surface area (Å²) >= 11 is 0. The number of nitriles is 1. The van der Waals surface area contributed by atoms with E-state index in [9.17, 15) is 10.1 Å². The van der Waals surface area contributed by atoms with Gasteiger partial charge in [-0.2, -0.15) is 5.26 Å². The van der Waals surface area contributed by atoms with Gasteiger partial charge in [0, 0.05) is 24.4 Å². The van der Waals surface area contributed by atoms with E-state index >= 15 is 0 Å². The number of nitro groups is 1. The van der Waals surface area contributed by atoms with Crippen LogP contribution < -0.4 is 11.1 Å². The fraction of sp³-hybridized carbons (Fsp3) is 0.462. The maximum atomic E-state index is 10.9. The molecule has 0 aromatic heterocycles. The van der Waals surface area contributed by atoms with Crippen molar-refractivity contribution in [2.24, 2.45) is 5.73 Å². The van der Waals surface area contributed by atoms with Crippen LogP contribution in [0.1, 0.15) is 18.9 Å². The molecule has 0 amide bonds. The summed E-state index contributed by atoms with van der Waals surface area (Å²) < 4.78 is 5.53. The lowest BCUT2D eigenvalue weighted by molar-refractivity contribution is -0.385. The fourth-order valence-electron chi connectivity index (χ4n) is 2.29. The van der Waals surface area contributed by atoms with Crippen molar-refractivity contribution >= 4 is 11.4 Å². The maximum Gasteiger partial charge on any atom is 0.289 e. The number of benzene rings is 1. The molecule has 7 nitrogen and oxygen atoms in total. The average Bonchev–Trinajstić information content (AvgIpc) is 2.44. The Kier molecular flexibility index (Phi) is 4.17. The molecule has 1 saturated carbocycles. The SMILES string of the molecule is CCOC1CC(N)C1Nc1ccc(C#N)c([N+](=O)[O-])c1. The van der Waals surface area contributed by atoms with Gasteiger partial charge in [-0.1, -0.05) is 0 Å². The molecule has 106 valence electrons. The minimum atomic E-state index is -0.565. The Morgan fingerprint density at radius 2 is 2.40 bits per heavy atom. The van der Waals surface area contributed by atoms with Crippen LogP contribution in [-0.4, -0.2) is 29.7 Å². The van der Waals surface area contributed by atoms with Crippen LogP contribution in [0, 0.1) is 21.4 Å². The van der Waals surface area contributed by atoms with Crippen LogP contribution in [0.15, 0.2) is 18.2 Å². The highest BCUT2D eigenvalue weighted by Gasteiger charge is 2.39. The molecule has 0 bridgehead atoms. The molecular formula is C13H16N4O3. The minimum Gasteiger partial charge on any atom is -0.378 e. The van der Waals surface area contributed by atoms with Gasteiger partial charge < -0.3 is 15.8 Å². The quantitative estimate of drug-likeness (QED) is 0.620. The summed E-state index contributed by atoms with van der Waals surface area (Å²) in [6.07, 6.45) is 0.786. The van der Waals surface area contributed by atoms with E-state index in [1.54, 1.807) is 12.1 Å². The normalized spacial score (nSPS) is 24.6. The number of nitrogens with one attached hydrogen (secondary N) is 1. The summed E-state index contributed by atoms with van der Waals surface area (Å²) in [5, 5.41) is 22.9. The van der Waals surface area contributed by atoms with Crippen LogP contribution in [0.4, 0.5) is 11.4 Å². The van der Waals surface area contributed by atoms with Crippen molar-refractivity contribution in [2.45, 2.75) is 31.5 Å². The first-order chi connectivity index (χ1) is 9.56. The van der Waals surface area contributed by atoms with Crippen molar-refractivity contribution in [2.75, 3.05) is 11.9 Å². The average molecular weight is 276 g/mol. The molecule has 20 heavy (non-hydrogen) atoms. The Bertz CT molecular complexity index is 553. The molecule has 1 aliphatic carbocycles. The Hall–Kier alpha value is -2.17. The summed E-state index contributed by atoms with van der Waals surface area (Å²) in [6.45, 7) is 2.51. The van der Waals surface area contributed by atoms with Crippen molar-refractivity contribution < 1.29 is 9.66 Å². The second-order valence-corrected chi connectivity index (χ2v) is 4.66. The third-order valence-electron chi connectivity index (χ3n) is 3.40. The lowest BCUT2D eigenvalue weighted by Gasteiger charge is -2.43. The highest BCUT2D eigenvalue weighted by molar-refractivity contribution is 5.59. The predicted molar refractivity (Wildman–Crippen MR) is 73.2 cm³/mol. The number of hydrogen-bond donors (Lipinski definition) is 2. The van der Waals surface area contributed by atoms with Crippen molar-refractivity contribution in [3.8, 4) is 6.07 Å². The molecule has 1 aromatic rings. The number of rotatable bonds is 5. The Morgan fingerprint density at radius 1 is 1.65 bits per heavy atom. The molecule has 3 unspecified atom stereocenters. The molecule has 1 aliphatic rings. The van der Waals surface area contributed by atoms with E-state index < -0.39 is 4.92 Å². The zero-order valence-electron chi connectivity index (χ0n) is 11.1. The summed E-state index contributed by atoms with van der Waals surface area (Å²) in [5.74, 6) is 0. The maximum absolute atomic E-state index is 10.9. The van der Waals surface area contributed by atoms with E-state index in [4.69, 9.17) is 15.7 Å². The Labute approximate surface area is 116 Å². The molecule has 2 rings (SSSR count). The van der Waals surface area contributed by atoms with Gasteiger partial charge in [0.05, 0.1) is 17.1 Å². The lowest BCUT2D eigenvalue weighted by atomic mass is 9.83. The van der Waals surface area contributed by atoms with E-state index in [0.717, 1.165) is 6.42 Å². The van der Waals surface area contributed by atoms with Gasteiger partial charge in [-0.15, -0.1) is 0 Å². The number of anilines is 1. The second-order valence-electron chi connectivity index (χ2n) is 4.66. The van der Waals surface area contributed by atoms with Crippen LogP contribution >= 0.6 is 0 Å². The lowest BCUT2D eigenvalue weighted by Crippen LogP contribution is -2.60. The molecule has 3 atom stereocenters. The Morgan fingerprint density at radius 3 is 2.95 bits per heavy atom. The van der Waals surface area contributed by atoms with E-state index in [-0.39, 0.29) is 29.4 Å². The van der Waals surface area contributed by atoms with E-state index in [1.807, 2.05) is 6.92 Å². The predicted octanol–water partition coefficient (Wildman–Crippen LogP) is 1.38. The van der Waals surface area contributed by atoms with Crippen LogP contribution in [0.2, 0.25) is 0 Å². The monoisotopic (exact) mass is 276 g/mol. The van der Waals surface area contributed by atoms with Gasteiger partial charge in [-0.05, 0) is 25.5 Å². The van der Waals surface area contributed by atoms with Gasteiger partial charge in [0.2, 0.25) is 0 Å². The van der Waals surface area contributed by atoms with Crippen molar-refractivity contribution in [3.05, 3.63) is 33.9 Å². The summed E-state index contributed by atoms with van der Waals surface area (Å²) in [5.41, 5.74) is 6.32. The first kappa shape index (κ1) is 14.2. The fourth-order valence-corrected chi connectivity index (χ4v) is 2.29.